The maximum Gasteiger partial charge on any atom is 0.319 e. The summed E-state index contributed by atoms with van der Waals surface area (Å²) in [6.45, 7) is 1.83. The van der Waals surface area contributed by atoms with Crippen molar-refractivity contribution in [1.29, 1.82) is 0 Å². The average Bonchev–Trinajstić information content (AvgIpc) is 2.83. The number of carbonyl (C=O) groups is 1. The number of hydrogen-bond donors (Lipinski definition) is 3. The molecule has 1 aliphatic rings. The Morgan fingerprint density at radius 1 is 1.35 bits per heavy atom. The molecule has 1 aromatic carbocycles. The van der Waals surface area contributed by atoms with Crippen LogP contribution in [0.25, 0.3) is 0 Å². The van der Waals surface area contributed by atoms with Gasteiger partial charge in [0.05, 0.1) is 0 Å². The Kier molecular flexibility index (Phi) is 4.38. The fraction of sp³-hybridized carbons (Fsp3) is 0.462. The van der Waals surface area contributed by atoms with E-state index in [4.69, 9.17) is 0 Å². The van der Waals surface area contributed by atoms with Crippen LogP contribution in [-0.4, -0.2) is 25.2 Å². The molecule has 0 unspecified atom stereocenters. The van der Waals surface area contributed by atoms with Crippen LogP contribution < -0.4 is 16.0 Å². The molecule has 4 nitrogen and oxygen atoms in total. The monoisotopic (exact) mass is 233 g/mol. The molecule has 1 aromatic rings. The fourth-order valence-corrected chi connectivity index (χ4v) is 2.06. The van der Waals surface area contributed by atoms with Crippen LogP contribution in [0.2, 0.25) is 0 Å². The van der Waals surface area contributed by atoms with E-state index in [1.54, 1.807) is 0 Å². The molecule has 0 spiro atoms. The lowest BCUT2D eigenvalue weighted by molar-refractivity contribution is 0.251. The van der Waals surface area contributed by atoms with Gasteiger partial charge < -0.3 is 16.0 Å². The highest BCUT2D eigenvalue weighted by atomic mass is 16.2. The van der Waals surface area contributed by atoms with Crippen molar-refractivity contribution in [1.82, 2.24) is 10.6 Å². The first-order valence-corrected chi connectivity index (χ1v) is 6.18. The lowest BCUT2D eigenvalue weighted by atomic mass is 10.1. The first-order valence-electron chi connectivity index (χ1n) is 6.18. The summed E-state index contributed by atoms with van der Waals surface area (Å²) >= 11 is 0. The smallest absolute Gasteiger partial charge is 0.319 e. The summed E-state index contributed by atoms with van der Waals surface area (Å²) in [5, 5.41) is 9.07. The third kappa shape index (κ3) is 4.07. The van der Waals surface area contributed by atoms with E-state index in [0.29, 0.717) is 6.04 Å². The number of rotatable bonds is 4. The molecule has 3 N–H and O–H groups in total. The maximum absolute atomic E-state index is 11.5. The molecule has 0 aliphatic carbocycles. The average molecular weight is 233 g/mol. The number of anilines is 1. The highest BCUT2D eigenvalue weighted by Crippen LogP contribution is 2.08. The maximum atomic E-state index is 11.5. The van der Waals surface area contributed by atoms with Crippen LogP contribution in [0.5, 0.6) is 0 Å². The molecule has 1 aliphatic heterocycles. The zero-order valence-corrected chi connectivity index (χ0v) is 9.91. The normalized spacial score (nSPS) is 18.9. The van der Waals surface area contributed by atoms with E-state index >= 15 is 0 Å². The van der Waals surface area contributed by atoms with Gasteiger partial charge in [0.1, 0.15) is 0 Å². The SMILES string of the molecule is O=C(NCC[C@H]1CCCN1)Nc1ccccc1. The van der Waals surface area contributed by atoms with E-state index in [0.717, 1.165) is 25.2 Å². The van der Waals surface area contributed by atoms with Gasteiger partial charge in [0.25, 0.3) is 0 Å². The summed E-state index contributed by atoms with van der Waals surface area (Å²) < 4.78 is 0. The van der Waals surface area contributed by atoms with Gasteiger partial charge in [-0.15, -0.1) is 0 Å². The molecule has 0 bridgehead atoms. The van der Waals surface area contributed by atoms with Crippen molar-refractivity contribution in [2.45, 2.75) is 25.3 Å². The molecule has 1 heterocycles. The van der Waals surface area contributed by atoms with Crippen LogP contribution in [0.3, 0.4) is 0 Å². The van der Waals surface area contributed by atoms with Gasteiger partial charge in [0.15, 0.2) is 0 Å². The minimum atomic E-state index is -0.130. The summed E-state index contributed by atoms with van der Waals surface area (Å²) in [5.41, 5.74) is 0.823. The lowest BCUT2D eigenvalue weighted by Gasteiger charge is -2.11. The van der Waals surface area contributed by atoms with Crippen LogP contribution in [0.15, 0.2) is 30.3 Å². The van der Waals surface area contributed by atoms with Gasteiger partial charge >= 0.3 is 6.03 Å². The largest absolute Gasteiger partial charge is 0.338 e. The Bertz CT molecular complexity index is 347. The van der Waals surface area contributed by atoms with Crippen LogP contribution in [0.4, 0.5) is 10.5 Å². The van der Waals surface area contributed by atoms with Crippen molar-refractivity contribution in [2.24, 2.45) is 0 Å². The number of hydrogen-bond acceptors (Lipinski definition) is 2. The first-order chi connectivity index (χ1) is 8.34. The summed E-state index contributed by atoms with van der Waals surface area (Å²) in [4.78, 5) is 11.5. The Balaban J connectivity index is 1.64. The van der Waals surface area contributed by atoms with E-state index in [9.17, 15) is 4.79 Å². The van der Waals surface area contributed by atoms with Crippen molar-refractivity contribution in [3.63, 3.8) is 0 Å². The van der Waals surface area contributed by atoms with Gasteiger partial charge in [-0.3, -0.25) is 0 Å². The third-order valence-electron chi connectivity index (χ3n) is 2.97. The predicted molar refractivity (Wildman–Crippen MR) is 69.1 cm³/mol. The second-order valence-corrected chi connectivity index (χ2v) is 4.33. The third-order valence-corrected chi connectivity index (χ3v) is 2.97. The van der Waals surface area contributed by atoms with E-state index in [1.807, 2.05) is 30.3 Å². The number of benzene rings is 1. The van der Waals surface area contributed by atoms with E-state index in [1.165, 1.54) is 12.8 Å². The van der Waals surface area contributed by atoms with Gasteiger partial charge in [-0.2, -0.15) is 0 Å². The van der Waals surface area contributed by atoms with Crippen molar-refractivity contribution in [3.05, 3.63) is 30.3 Å². The molecule has 0 radical (unpaired) electrons. The Labute approximate surface area is 102 Å². The Morgan fingerprint density at radius 3 is 2.88 bits per heavy atom. The second kappa shape index (κ2) is 6.25. The van der Waals surface area contributed by atoms with Gasteiger partial charge in [-0.25, -0.2) is 4.79 Å². The molecule has 2 rings (SSSR count). The van der Waals surface area contributed by atoms with Crippen LogP contribution in [0, 0.1) is 0 Å². The molecule has 92 valence electrons. The van der Waals surface area contributed by atoms with Gasteiger partial charge in [0.2, 0.25) is 0 Å². The second-order valence-electron chi connectivity index (χ2n) is 4.33. The molecule has 1 fully saturated rings. The molecule has 17 heavy (non-hydrogen) atoms. The van der Waals surface area contributed by atoms with Gasteiger partial charge in [-0.1, -0.05) is 18.2 Å². The van der Waals surface area contributed by atoms with Gasteiger partial charge in [0, 0.05) is 18.3 Å². The molecule has 1 saturated heterocycles. The van der Waals surface area contributed by atoms with E-state index < -0.39 is 0 Å². The Hall–Kier alpha value is -1.55. The van der Waals surface area contributed by atoms with Crippen molar-refractivity contribution in [2.75, 3.05) is 18.4 Å². The van der Waals surface area contributed by atoms with Crippen molar-refractivity contribution in [3.8, 4) is 0 Å². The molecular weight excluding hydrogens is 214 g/mol. The molecular formula is C13H19N3O. The van der Waals surface area contributed by atoms with Crippen molar-refractivity contribution >= 4 is 11.7 Å². The van der Waals surface area contributed by atoms with Crippen LogP contribution in [0.1, 0.15) is 19.3 Å². The quantitative estimate of drug-likeness (QED) is 0.744. The van der Waals surface area contributed by atoms with Crippen molar-refractivity contribution < 1.29 is 4.79 Å². The highest BCUT2D eigenvalue weighted by molar-refractivity contribution is 5.89. The predicted octanol–water partition coefficient (Wildman–Crippen LogP) is 1.95. The number of para-hydroxylation sites is 1. The van der Waals surface area contributed by atoms with Crippen LogP contribution >= 0.6 is 0 Å². The molecule has 0 aromatic heterocycles. The topological polar surface area (TPSA) is 53.2 Å². The Morgan fingerprint density at radius 2 is 2.18 bits per heavy atom. The molecule has 1 atom stereocenters. The minimum Gasteiger partial charge on any atom is -0.338 e. The highest BCUT2D eigenvalue weighted by Gasteiger charge is 2.13. The number of carbonyl (C=O) groups excluding carboxylic acids is 1. The van der Waals surface area contributed by atoms with Crippen LogP contribution in [-0.2, 0) is 0 Å². The molecule has 0 saturated carbocycles. The summed E-state index contributed by atoms with van der Waals surface area (Å²) in [7, 11) is 0. The minimum absolute atomic E-state index is 0.130. The number of urea groups is 1. The molecule has 4 heteroatoms. The van der Waals surface area contributed by atoms with E-state index in [-0.39, 0.29) is 6.03 Å². The standard InChI is InChI=1S/C13H19N3O/c17-13(16-12-5-2-1-3-6-12)15-10-8-11-7-4-9-14-11/h1-3,5-6,11,14H,4,7-10H2,(H2,15,16,17)/t11-/m1/s1. The summed E-state index contributed by atoms with van der Waals surface area (Å²) in [6, 6.07) is 9.92. The van der Waals surface area contributed by atoms with E-state index in [2.05, 4.69) is 16.0 Å². The lowest BCUT2D eigenvalue weighted by Crippen LogP contribution is -2.33. The molecule has 2 amide bonds. The van der Waals surface area contributed by atoms with Gasteiger partial charge in [-0.05, 0) is 37.9 Å². The number of amides is 2. The first kappa shape index (κ1) is 11.9. The summed E-state index contributed by atoms with van der Waals surface area (Å²) in [5.74, 6) is 0. The fourth-order valence-electron chi connectivity index (χ4n) is 2.06. The zero-order chi connectivity index (χ0) is 11.9. The zero-order valence-electron chi connectivity index (χ0n) is 9.91. The number of nitrogens with one attached hydrogen (secondary N) is 3. The summed E-state index contributed by atoms with van der Waals surface area (Å²) in [6.07, 6.45) is 3.48.